The fraction of sp³-hybridized carbons (Fsp3) is 0.625. The van der Waals surface area contributed by atoms with Crippen LogP contribution < -0.4 is 11.2 Å². The van der Waals surface area contributed by atoms with Crippen LogP contribution in [0.5, 0.6) is 0 Å². The molecule has 78 valence electrons. The molecule has 0 aromatic carbocycles. The molecule has 1 atom stereocenters. The second-order valence-corrected chi connectivity index (χ2v) is 3.63. The van der Waals surface area contributed by atoms with Gasteiger partial charge in [-0.3, -0.25) is 9.36 Å². The zero-order chi connectivity index (χ0) is 10.7. The van der Waals surface area contributed by atoms with Gasteiger partial charge in [-0.1, -0.05) is 6.92 Å². The minimum Gasteiger partial charge on any atom is -0.267 e. The van der Waals surface area contributed by atoms with Crippen LogP contribution >= 0.6 is 11.6 Å². The van der Waals surface area contributed by atoms with Crippen molar-refractivity contribution in [3.05, 3.63) is 27.0 Å². The van der Waals surface area contributed by atoms with Crippen molar-refractivity contribution >= 4 is 11.6 Å². The first-order valence-electron chi connectivity index (χ1n) is 4.33. The topological polar surface area (TPSA) is 56.9 Å². The summed E-state index contributed by atoms with van der Waals surface area (Å²) in [6, 6.07) is 0. The molecule has 5 nitrogen and oxygen atoms in total. The summed E-state index contributed by atoms with van der Waals surface area (Å²) in [6.07, 6.45) is 1.86. The van der Waals surface area contributed by atoms with E-state index in [1.54, 1.807) is 0 Å². The Labute approximate surface area is 85.9 Å². The molecule has 14 heavy (non-hydrogen) atoms. The van der Waals surface area contributed by atoms with Crippen LogP contribution in [0.1, 0.15) is 13.3 Å². The second-order valence-electron chi connectivity index (χ2n) is 3.01. The van der Waals surface area contributed by atoms with E-state index in [-0.39, 0.29) is 5.38 Å². The first kappa shape index (κ1) is 11.0. The summed E-state index contributed by atoms with van der Waals surface area (Å²) in [6.45, 7) is 2.25. The maximum Gasteiger partial charge on any atom is 0.347 e. The van der Waals surface area contributed by atoms with Gasteiger partial charge in [-0.05, 0) is 6.42 Å². The second kappa shape index (κ2) is 4.41. The molecule has 0 saturated heterocycles. The van der Waals surface area contributed by atoms with E-state index < -0.39 is 11.2 Å². The summed E-state index contributed by atoms with van der Waals surface area (Å²) in [7, 11) is 1.41. The molecular formula is C8H12ClN3O2. The maximum absolute atomic E-state index is 11.4. The highest BCUT2D eigenvalue weighted by Crippen LogP contribution is 2.01. The molecule has 0 bridgehead atoms. The summed E-state index contributed by atoms with van der Waals surface area (Å²) in [5.41, 5.74) is -0.842. The van der Waals surface area contributed by atoms with Crippen LogP contribution in [0.15, 0.2) is 15.8 Å². The Hall–Kier alpha value is -1.10. The van der Waals surface area contributed by atoms with E-state index in [0.717, 1.165) is 17.2 Å². The Bertz CT molecular complexity index is 423. The fourth-order valence-electron chi connectivity index (χ4n) is 0.964. The van der Waals surface area contributed by atoms with Crippen LogP contribution in [0.4, 0.5) is 0 Å². The SMILES string of the molecule is CCC(Cl)Cn1ncc(=O)n(C)c1=O. The molecule has 0 spiro atoms. The number of halogens is 1. The van der Waals surface area contributed by atoms with Crippen molar-refractivity contribution in [2.45, 2.75) is 25.3 Å². The number of alkyl halides is 1. The van der Waals surface area contributed by atoms with Crippen LogP contribution in [-0.4, -0.2) is 19.7 Å². The van der Waals surface area contributed by atoms with Gasteiger partial charge in [-0.15, -0.1) is 11.6 Å². The molecule has 0 fully saturated rings. The Morgan fingerprint density at radius 1 is 1.57 bits per heavy atom. The number of hydrogen-bond acceptors (Lipinski definition) is 3. The predicted octanol–water partition coefficient (Wildman–Crippen LogP) is -0.0406. The van der Waals surface area contributed by atoms with Crippen molar-refractivity contribution in [3.8, 4) is 0 Å². The van der Waals surface area contributed by atoms with Gasteiger partial charge in [0.2, 0.25) is 0 Å². The van der Waals surface area contributed by atoms with Gasteiger partial charge in [-0.2, -0.15) is 5.10 Å². The quantitative estimate of drug-likeness (QED) is 0.668. The summed E-state index contributed by atoms with van der Waals surface area (Å²) < 4.78 is 2.20. The average molecular weight is 218 g/mol. The largest absolute Gasteiger partial charge is 0.347 e. The van der Waals surface area contributed by atoms with E-state index in [4.69, 9.17) is 11.6 Å². The van der Waals surface area contributed by atoms with Crippen molar-refractivity contribution in [1.82, 2.24) is 14.3 Å². The van der Waals surface area contributed by atoms with Crippen molar-refractivity contribution < 1.29 is 0 Å². The number of hydrogen-bond donors (Lipinski definition) is 0. The highest BCUT2D eigenvalue weighted by atomic mass is 35.5. The molecule has 0 aliphatic rings. The molecule has 0 radical (unpaired) electrons. The molecule has 1 rings (SSSR count). The first-order chi connectivity index (χ1) is 6.56. The normalized spacial score (nSPS) is 12.8. The Balaban J connectivity index is 3.06. The highest BCUT2D eigenvalue weighted by Gasteiger charge is 2.07. The average Bonchev–Trinajstić information content (AvgIpc) is 2.19. The van der Waals surface area contributed by atoms with Crippen LogP contribution in [0, 0.1) is 0 Å². The van der Waals surface area contributed by atoms with Crippen LogP contribution in [0.2, 0.25) is 0 Å². The smallest absolute Gasteiger partial charge is 0.267 e. The lowest BCUT2D eigenvalue weighted by atomic mass is 10.3. The fourth-order valence-corrected chi connectivity index (χ4v) is 1.10. The summed E-state index contributed by atoms with van der Waals surface area (Å²) in [5.74, 6) is 0. The van der Waals surface area contributed by atoms with E-state index in [1.807, 2.05) is 6.92 Å². The molecule has 0 aliphatic heterocycles. The molecule has 1 heterocycles. The van der Waals surface area contributed by atoms with Crippen LogP contribution in [0.25, 0.3) is 0 Å². The number of rotatable bonds is 3. The third kappa shape index (κ3) is 2.23. The van der Waals surface area contributed by atoms with Crippen molar-refractivity contribution in [1.29, 1.82) is 0 Å². The highest BCUT2D eigenvalue weighted by molar-refractivity contribution is 6.20. The van der Waals surface area contributed by atoms with Gasteiger partial charge in [0.1, 0.15) is 6.20 Å². The summed E-state index contributed by atoms with van der Waals surface area (Å²) in [5, 5.41) is 3.57. The molecule has 1 aromatic heterocycles. The molecule has 0 aliphatic carbocycles. The first-order valence-corrected chi connectivity index (χ1v) is 4.77. The Morgan fingerprint density at radius 2 is 2.21 bits per heavy atom. The van der Waals surface area contributed by atoms with Crippen molar-refractivity contribution in [2.24, 2.45) is 7.05 Å². The molecule has 6 heteroatoms. The lowest BCUT2D eigenvalue weighted by molar-refractivity contribution is 0.502. The lowest BCUT2D eigenvalue weighted by Crippen LogP contribution is -2.40. The predicted molar refractivity (Wildman–Crippen MR) is 53.7 cm³/mol. The zero-order valence-electron chi connectivity index (χ0n) is 8.11. The minimum atomic E-state index is -0.434. The van der Waals surface area contributed by atoms with Gasteiger partial charge in [0.05, 0.1) is 11.9 Å². The summed E-state index contributed by atoms with van der Waals surface area (Å²) in [4.78, 5) is 22.4. The molecule has 0 saturated carbocycles. The molecule has 0 N–H and O–H groups in total. The lowest BCUT2D eigenvalue weighted by Gasteiger charge is -2.08. The van der Waals surface area contributed by atoms with Gasteiger partial charge < -0.3 is 0 Å². The third-order valence-corrected chi connectivity index (χ3v) is 2.41. The maximum atomic E-state index is 11.4. The van der Waals surface area contributed by atoms with E-state index >= 15 is 0 Å². The Morgan fingerprint density at radius 3 is 2.79 bits per heavy atom. The van der Waals surface area contributed by atoms with Gasteiger partial charge in [0.15, 0.2) is 0 Å². The number of aromatic nitrogens is 3. The standard InChI is InChI=1S/C8H12ClN3O2/c1-3-6(9)5-12-8(14)11(2)7(13)4-10-12/h4,6H,3,5H2,1-2H3. The van der Waals surface area contributed by atoms with Gasteiger partial charge in [-0.25, -0.2) is 9.48 Å². The van der Waals surface area contributed by atoms with Gasteiger partial charge in [0.25, 0.3) is 5.56 Å². The molecule has 1 aromatic rings. The van der Waals surface area contributed by atoms with Crippen molar-refractivity contribution in [2.75, 3.05) is 0 Å². The van der Waals surface area contributed by atoms with E-state index in [1.165, 1.54) is 11.7 Å². The zero-order valence-corrected chi connectivity index (χ0v) is 8.86. The number of nitrogens with zero attached hydrogens (tertiary/aromatic N) is 3. The van der Waals surface area contributed by atoms with Crippen molar-refractivity contribution in [3.63, 3.8) is 0 Å². The van der Waals surface area contributed by atoms with E-state index in [9.17, 15) is 9.59 Å². The molecule has 0 amide bonds. The summed E-state index contributed by atoms with van der Waals surface area (Å²) >= 11 is 5.88. The molecule has 1 unspecified atom stereocenters. The van der Waals surface area contributed by atoms with E-state index in [0.29, 0.717) is 6.54 Å². The van der Waals surface area contributed by atoms with Crippen LogP contribution in [-0.2, 0) is 13.6 Å². The van der Waals surface area contributed by atoms with Crippen LogP contribution in [0.3, 0.4) is 0 Å². The van der Waals surface area contributed by atoms with Gasteiger partial charge in [0, 0.05) is 7.05 Å². The Kier molecular flexibility index (Phi) is 3.46. The van der Waals surface area contributed by atoms with E-state index in [2.05, 4.69) is 5.10 Å². The minimum absolute atomic E-state index is 0.141. The monoisotopic (exact) mass is 217 g/mol. The third-order valence-electron chi connectivity index (χ3n) is 1.96. The molecular weight excluding hydrogens is 206 g/mol. The van der Waals surface area contributed by atoms with Gasteiger partial charge >= 0.3 is 5.69 Å².